The SMILES string of the molecule is COc1cc(C)c(Cl)c(C)c1C(=O)C1CO1. The standard InChI is InChI=1S/C12H13ClO3/c1-6-4-8(15-3)10(7(2)11(6)13)12(14)9-5-16-9/h4,9H,5H2,1-3H3. The highest BCUT2D eigenvalue weighted by Gasteiger charge is 2.35. The van der Waals surface area contributed by atoms with Crippen LogP contribution in [0.25, 0.3) is 0 Å². The topological polar surface area (TPSA) is 38.8 Å². The fraction of sp³-hybridized carbons (Fsp3) is 0.417. The van der Waals surface area contributed by atoms with E-state index in [1.54, 1.807) is 13.2 Å². The third kappa shape index (κ3) is 1.81. The van der Waals surface area contributed by atoms with Crippen molar-refractivity contribution in [1.82, 2.24) is 0 Å². The van der Waals surface area contributed by atoms with E-state index in [4.69, 9.17) is 21.1 Å². The average Bonchev–Trinajstić information content (AvgIpc) is 3.08. The molecule has 1 fully saturated rings. The van der Waals surface area contributed by atoms with E-state index >= 15 is 0 Å². The van der Waals surface area contributed by atoms with Gasteiger partial charge in [-0.2, -0.15) is 0 Å². The maximum atomic E-state index is 12.0. The molecule has 0 aromatic heterocycles. The molecule has 1 aromatic rings. The van der Waals surface area contributed by atoms with Crippen LogP contribution >= 0.6 is 11.6 Å². The van der Waals surface area contributed by atoms with Gasteiger partial charge in [0.25, 0.3) is 0 Å². The molecule has 1 unspecified atom stereocenters. The Bertz CT molecular complexity index is 450. The van der Waals surface area contributed by atoms with Crippen LogP contribution in [0.1, 0.15) is 21.5 Å². The van der Waals surface area contributed by atoms with Gasteiger partial charge in [-0.25, -0.2) is 0 Å². The Morgan fingerprint density at radius 2 is 2.19 bits per heavy atom. The fourth-order valence-electron chi connectivity index (χ4n) is 1.75. The van der Waals surface area contributed by atoms with Crippen molar-refractivity contribution in [2.75, 3.05) is 13.7 Å². The first kappa shape index (κ1) is 11.4. The van der Waals surface area contributed by atoms with Crippen molar-refractivity contribution in [3.63, 3.8) is 0 Å². The minimum atomic E-state index is -0.314. The maximum absolute atomic E-state index is 12.0. The predicted octanol–water partition coefficient (Wildman–Crippen LogP) is 2.55. The Kier molecular flexibility index (Phi) is 2.91. The highest BCUT2D eigenvalue weighted by atomic mass is 35.5. The first-order valence-corrected chi connectivity index (χ1v) is 5.43. The summed E-state index contributed by atoms with van der Waals surface area (Å²) in [6.07, 6.45) is -0.314. The van der Waals surface area contributed by atoms with Gasteiger partial charge in [0.1, 0.15) is 11.9 Å². The third-order valence-electron chi connectivity index (χ3n) is 2.74. The van der Waals surface area contributed by atoms with Crippen LogP contribution < -0.4 is 4.74 Å². The largest absolute Gasteiger partial charge is 0.496 e. The first-order valence-electron chi connectivity index (χ1n) is 5.05. The van der Waals surface area contributed by atoms with Gasteiger partial charge in [0, 0.05) is 5.02 Å². The number of carbonyl (C=O) groups is 1. The van der Waals surface area contributed by atoms with Gasteiger partial charge in [-0.3, -0.25) is 4.79 Å². The highest BCUT2D eigenvalue weighted by Crippen LogP contribution is 2.34. The first-order chi connectivity index (χ1) is 7.56. The summed E-state index contributed by atoms with van der Waals surface area (Å²) in [5, 5.41) is 0.616. The number of hydrogen-bond donors (Lipinski definition) is 0. The quantitative estimate of drug-likeness (QED) is 0.602. The van der Waals surface area contributed by atoms with E-state index in [2.05, 4.69) is 0 Å². The van der Waals surface area contributed by atoms with Crippen LogP contribution in [0.4, 0.5) is 0 Å². The zero-order valence-electron chi connectivity index (χ0n) is 9.46. The normalized spacial score (nSPS) is 18.4. The molecule has 1 aliphatic rings. The number of benzene rings is 1. The van der Waals surface area contributed by atoms with Crippen LogP contribution in [0.3, 0.4) is 0 Å². The highest BCUT2D eigenvalue weighted by molar-refractivity contribution is 6.32. The Morgan fingerprint density at radius 1 is 1.56 bits per heavy atom. The van der Waals surface area contributed by atoms with Crippen molar-refractivity contribution < 1.29 is 14.3 Å². The molecule has 1 heterocycles. The summed E-state index contributed by atoms with van der Waals surface area (Å²) in [4.78, 5) is 12.0. The lowest BCUT2D eigenvalue weighted by Crippen LogP contribution is -2.11. The lowest BCUT2D eigenvalue weighted by molar-refractivity contribution is 0.0950. The smallest absolute Gasteiger partial charge is 0.197 e. The molecule has 3 nitrogen and oxygen atoms in total. The molecule has 86 valence electrons. The number of rotatable bonds is 3. The molecular weight excluding hydrogens is 228 g/mol. The molecule has 1 aromatic carbocycles. The van der Waals surface area contributed by atoms with Crippen LogP contribution in [0.2, 0.25) is 5.02 Å². The maximum Gasteiger partial charge on any atom is 0.197 e. The molecule has 0 bridgehead atoms. The van der Waals surface area contributed by atoms with E-state index in [1.165, 1.54) is 0 Å². The Balaban J connectivity index is 2.56. The van der Waals surface area contributed by atoms with Crippen LogP contribution in [-0.2, 0) is 4.74 Å². The number of Topliss-reactive ketones (excluding diaryl/α,β-unsaturated/α-hetero) is 1. The lowest BCUT2D eigenvalue weighted by atomic mass is 9.99. The van der Waals surface area contributed by atoms with Crippen molar-refractivity contribution in [3.05, 3.63) is 27.8 Å². The van der Waals surface area contributed by atoms with E-state index in [0.29, 0.717) is 22.9 Å². The number of carbonyl (C=O) groups excluding carboxylic acids is 1. The van der Waals surface area contributed by atoms with Gasteiger partial charge in [0.15, 0.2) is 5.78 Å². The second kappa shape index (κ2) is 4.07. The minimum absolute atomic E-state index is 0.0451. The summed E-state index contributed by atoms with van der Waals surface area (Å²) in [7, 11) is 1.55. The summed E-state index contributed by atoms with van der Waals surface area (Å²) in [5.74, 6) is 0.524. The molecule has 1 atom stereocenters. The number of epoxide rings is 1. The number of ether oxygens (including phenoxy) is 2. The van der Waals surface area contributed by atoms with Crippen LogP contribution in [-0.4, -0.2) is 25.6 Å². The number of methoxy groups -OCH3 is 1. The van der Waals surface area contributed by atoms with Gasteiger partial charge in [0.05, 0.1) is 19.3 Å². The summed E-state index contributed by atoms with van der Waals surface area (Å²) < 4.78 is 10.2. The minimum Gasteiger partial charge on any atom is -0.496 e. The summed E-state index contributed by atoms with van der Waals surface area (Å²) in [6.45, 7) is 4.21. The summed E-state index contributed by atoms with van der Waals surface area (Å²) in [5.41, 5.74) is 2.21. The van der Waals surface area contributed by atoms with Gasteiger partial charge in [-0.1, -0.05) is 11.6 Å². The monoisotopic (exact) mass is 240 g/mol. The van der Waals surface area contributed by atoms with Gasteiger partial charge < -0.3 is 9.47 Å². The van der Waals surface area contributed by atoms with E-state index in [1.807, 2.05) is 13.8 Å². The molecule has 0 radical (unpaired) electrons. The zero-order chi connectivity index (χ0) is 11.9. The summed E-state index contributed by atoms with van der Waals surface area (Å²) >= 11 is 6.13. The third-order valence-corrected chi connectivity index (χ3v) is 3.32. The molecule has 2 rings (SSSR count). The molecule has 0 amide bonds. The van der Waals surface area contributed by atoms with E-state index in [9.17, 15) is 4.79 Å². The fourth-order valence-corrected chi connectivity index (χ4v) is 1.90. The Labute approximate surface area is 99.3 Å². The van der Waals surface area contributed by atoms with Crippen molar-refractivity contribution in [2.45, 2.75) is 20.0 Å². The van der Waals surface area contributed by atoms with Crippen LogP contribution in [0, 0.1) is 13.8 Å². The molecule has 0 saturated carbocycles. The number of ketones is 1. The van der Waals surface area contributed by atoms with Crippen LogP contribution in [0.15, 0.2) is 6.07 Å². The van der Waals surface area contributed by atoms with Gasteiger partial charge in [-0.05, 0) is 31.0 Å². The van der Waals surface area contributed by atoms with Crippen molar-refractivity contribution >= 4 is 17.4 Å². The molecule has 0 N–H and O–H groups in total. The second-order valence-electron chi connectivity index (χ2n) is 3.90. The Morgan fingerprint density at radius 3 is 2.69 bits per heavy atom. The molecular formula is C12H13ClO3. The molecule has 1 aliphatic heterocycles. The van der Waals surface area contributed by atoms with Crippen molar-refractivity contribution in [2.24, 2.45) is 0 Å². The van der Waals surface area contributed by atoms with E-state index in [-0.39, 0.29) is 11.9 Å². The molecule has 16 heavy (non-hydrogen) atoms. The average molecular weight is 241 g/mol. The van der Waals surface area contributed by atoms with Crippen molar-refractivity contribution in [3.8, 4) is 5.75 Å². The molecule has 4 heteroatoms. The molecule has 0 aliphatic carbocycles. The van der Waals surface area contributed by atoms with Crippen LogP contribution in [0.5, 0.6) is 5.75 Å². The summed E-state index contributed by atoms with van der Waals surface area (Å²) in [6, 6.07) is 1.78. The van der Waals surface area contributed by atoms with E-state index in [0.717, 1.165) is 11.1 Å². The zero-order valence-corrected chi connectivity index (χ0v) is 10.2. The Hall–Kier alpha value is -1.06. The second-order valence-corrected chi connectivity index (χ2v) is 4.27. The molecule has 0 spiro atoms. The number of hydrogen-bond acceptors (Lipinski definition) is 3. The lowest BCUT2D eigenvalue weighted by Gasteiger charge is -2.13. The van der Waals surface area contributed by atoms with Gasteiger partial charge in [-0.15, -0.1) is 0 Å². The number of halogens is 1. The van der Waals surface area contributed by atoms with Gasteiger partial charge >= 0.3 is 0 Å². The predicted molar refractivity (Wildman–Crippen MR) is 61.5 cm³/mol. The van der Waals surface area contributed by atoms with Crippen molar-refractivity contribution in [1.29, 1.82) is 0 Å². The van der Waals surface area contributed by atoms with E-state index < -0.39 is 0 Å². The van der Waals surface area contributed by atoms with Gasteiger partial charge in [0.2, 0.25) is 0 Å². The molecule has 1 saturated heterocycles. The number of aryl methyl sites for hydroxylation is 1.